The Hall–Kier alpha value is -1.20. The van der Waals surface area contributed by atoms with Crippen LogP contribution in [0.2, 0.25) is 0 Å². The third-order valence-electron chi connectivity index (χ3n) is 4.95. The number of piperidine rings is 1. The number of hydrogen-bond donors (Lipinski definition) is 0. The van der Waals surface area contributed by atoms with E-state index >= 15 is 0 Å². The Kier molecular flexibility index (Phi) is 5.84. The van der Waals surface area contributed by atoms with Gasteiger partial charge in [-0.25, -0.2) is 9.97 Å². The molecular weight excluding hydrogens is 288 g/mol. The van der Waals surface area contributed by atoms with E-state index in [0.717, 1.165) is 51.0 Å². The zero-order valence-corrected chi connectivity index (χ0v) is 14.6. The van der Waals surface area contributed by atoms with Gasteiger partial charge in [0.25, 0.3) is 0 Å². The molecule has 1 aromatic rings. The van der Waals surface area contributed by atoms with Gasteiger partial charge in [0.2, 0.25) is 0 Å². The van der Waals surface area contributed by atoms with Gasteiger partial charge in [-0.05, 0) is 46.1 Å². The van der Waals surface area contributed by atoms with E-state index in [-0.39, 0.29) is 0 Å². The molecule has 2 fully saturated rings. The monoisotopic (exact) mass is 318 g/mol. The SMILES string of the molecule is CCOCCN1CCC[C@@H](c2cc(N3CCCC3)nc(C)n2)C1. The molecule has 0 unspecified atom stereocenters. The van der Waals surface area contributed by atoms with E-state index in [1.54, 1.807) is 0 Å². The van der Waals surface area contributed by atoms with Gasteiger partial charge in [0, 0.05) is 44.8 Å². The van der Waals surface area contributed by atoms with Crippen molar-refractivity contribution in [1.82, 2.24) is 14.9 Å². The minimum Gasteiger partial charge on any atom is -0.380 e. The summed E-state index contributed by atoms with van der Waals surface area (Å²) in [6.07, 6.45) is 5.06. The Labute approximate surface area is 140 Å². The average molecular weight is 318 g/mol. The Morgan fingerprint density at radius 3 is 2.78 bits per heavy atom. The van der Waals surface area contributed by atoms with Gasteiger partial charge in [-0.15, -0.1) is 0 Å². The van der Waals surface area contributed by atoms with Crippen LogP contribution in [0.5, 0.6) is 0 Å². The molecule has 2 aliphatic heterocycles. The summed E-state index contributed by atoms with van der Waals surface area (Å²) >= 11 is 0. The molecular formula is C18H30N4O. The first-order valence-corrected chi connectivity index (χ1v) is 9.17. The average Bonchev–Trinajstić information content (AvgIpc) is 3.09. The highest BCUT2D eigenvalue weighted by Gasteiger charge is 2.24. The minimum atomic E-state index is 0.536. The number of aromatic nitrogens is 2. The van der Waals surface area contributed by atoms with Gasteiger partial charge in [0.15, 0.2) is 0 Å². The highest BCUT2D eigenvalue weighted by Crippen LogP contribution is 2.28. The molecule has 0 bridgehead atoms. The number of likely N-dealkylation sites (tertiary alicyclic amines) is 1. The third kappa shape index (κ3) is 4.42. The van der Waals surface area contributed by atoms with Crippen molar-refractivity contribution in [2.45, 2.75) is 45.4 Å². The van der Waals surface area contributed by atoms with E-state index in [2.05, 4.69) is 27.8 Å². The molecule has 5 heteroatoms. The van der Waals surface area contributed by atoms with Crippen LogP contribution in [0.25, 0.3) is 0 Å². The van der Waals surface area contributed by atoms with E-state index in [9.17, 15) is 0 Å². The lowest BCUT2D eigenvalue weighted by Crippen LogP contribution is -2.37. The minimum absolute atomic E-state index is 0.536. The highest BCUT2D eigenvalue weighted by molar-refractivity contribution is 5.41. The summed E-state index contributed by atoms with van der Waals surface area (Å²) in [6, 6.07) is 2.25. The summed E-state index contributed by atoms with van der Waals surface area (Å²) in [5, 5.41) is 0. The van der Waals surface area contributed by atoms with Crippen LogP contribution in [0.3, 0.4) is 0 Å². The Balaban J connectivity index is 1.67. The number of hydrogen-bond acceptors (Lipinski definition) is 5. The van der Waals surface area contributed by atoms with E-state index in [4.69, 9.17) is 9.72 Å². The zero-order chi connectivity index (χ0) is 16.1. The van der Waals surface area contributed by atoms with Gasteiger partial charge in [0.1, 0.15) is 11.6 Å². The van der Waals surface area contributed by atoms with Crippen LogP contribution in [-0.2, 0) is 4.74 Å². The number of ether oxygens (including phenoxy) is 1. The lowest BCUT2D eigenvalue weighted by atomic mass is 9.94. The maximum atomic E-state index is 5.51. The molecule has 0 N–H and O–H groups in total. The smallest absolute Gasteiger partial charge is 0.132 e. The van der Waals surface area contributed by atoms with Crippen LogP contribution >= 0.6 is 0 Å². The Morgan fingerprint density at radius 2 is 2.00 bits per heavy atom. The number of aryl methyl sites for hydroxylation is 1. The van der Waals surface area contributed by atoms with Crippen molar-refractivity contribution in [3.63, 3.8) is 0 Å². The second-order valence-corrected chi connectivity index (χ2v) is 6.73. The second-order valence-electron chi connectivity index (χ2n) is 6.73. The fourth-order valence-electron chi connectivity index (χ4n) is 3.73. The fraction of sp³-hybridized carbons (Fsp3) is 0.778. The maximum Gasteiger partial charge on any atom is 0.132 e. The normalized spacial score (nSPS) is 22.7. The molecule has 1 aromatic heterocycles. The first-order valence-electron chi connectivity index (χ1n) is 9.17. The van der Waals surface area contributed by atoms with Crippen LogP contribution in [0.4, 0.5) is 5.82 Å². The third-order valence-corrected chi connectivity index (χ3v) is 4.95. The molecule has 0 spiro atoms. The van der Waals surface area contributed by atoms with Crippen LogP contribution in [0, 0.1) is 6.92 Å². The molecule has 128 valence electrons. The molecule has 3 heterocycles. The van der Waals surface area contributed by atoms with Crippen LogP contribution in [0.1, 0.15) is 50.0 Å². The summed E-state index contributed by atoms with van der Waals surface area (Å²) in [4.78, 5) is 14.4. The van der Waals surface area contributed by atoms with Gasteiger partial charge in [0.05, 0.1) is 12.3 Å². The Morgan fingerprint density at radius 1 is 1.17 bits per heavy atom. The van der Waals surface area contributed by atoms with Crippen molar-refractivity contribution < 1.29 is 4.74 Å². The summed E-state index contributed by atoms with van der Waals surface area (Å²) < 4.78 is 5.51. The van der Waals surface area contributed by atoms with Crippen LogP contribution < -0.4 is 4.90 Å². The quantitative estimate of drug-likeness (QED) is 0.754. The van der Waals surface area contributed by atoms with E-state index in [0.29, 0.717) is 5.92 Å². The van der Waals surface area contributed by atoms with E-state index in [1.165, 1.54) is 37.9 Å². The van der Waals surface area contributed by atoms with E-state index in [1.807, 2.05) is 6.92 Å². The number of nitrogens with zero attached hydrogens (tertiary/aromatic N) is 4. The van der Waals surface area contributed by atoms with Gasteiger partial charge >= 0.3 is 0 Å². The largest absolute Gasteiger partial charge is 0.380 e. The molecule has 1 atom stereocenters. The summed E-state index contributed by atoms with van der Waals surface area (Å²) in [5.41, 5.74) is 1.24. The van der Waals surface area contributed by atoms with Crippen LogP contribution in [-0.4, -0.2) is 60.8 Å². The molecule has 0 aromatic carbocycles. The van der Waals surface area contributed by atoms with Crippen molar-refractivity contribution >= 4 is 5.82 Å². The molecule has 3 rings (SSSR count). The molecule has 2 aliphatic rings. The van der Waals surface area contributed by atoms with Crippen molar-refractivity contribution in [1.29, 1.82) is 0 Å². The molecule has 5 nitrogen and oxygen atoms in total. The fourth-order valence-corrected chi connectivity index (χ4v) is 3.73. The molecule has 0 amide bonds. The summed E-state index contributed by atoms with van der Waals surface area (Å²) in [6.45, 7) is 11.3. The molecule has 2 saturated heterocycles. The summed E-state index contributed by atoms with van der Waals surface area (Å²) in [5.74, 6) is 2.58. The predicted molar refractivity (Wildman–Crippen MR) is 93.1 cm³/mol. The lowest BCUT2D eigenvalue weighted by molar-refractivity contribution is 0.100. The topological polar surface area (TPSA) is 41.5 Å². The van der Waals surface area contributed by atoms with Gasteiger partial charge < -0.3 is 14.5 Å². The first-order chi connectivity index (χ1) is 11.3. The summed E-state index contributed by atoms with van der Waals surface area (Å²) in [7, 11) is 0. The van der Waals surface area contributed by atoms with Crippen molar-refractivity contribution in [2.75, 3.05) is 50.8 Å². The van der Waals surface area contributed by atoms with E-state index < -0.39 is 0 Å². The first kappa shape index (κ1) is 16.7. The predicted octanol–water partition coefficient (Wildman–Crippen LogP) is 2.60. The molecule has 0 radical (unpaired) electrons. The van der Waals surface area contributed by atoms with Gasteiger partial charge in [-0.1, -0.05) is 0 Å². The van der Waals surface area contributed by atoms with Gasteiger partial charge in [-0.3, -0.25) is 0 Å². The zero-order valence-electron chi connectivity index (χ0n) is 14.6. The molecule has 0 aliphatic carbocycles. The second kappa shape index (κ2) is 8.06. The lowest BCUT2D eigenvalue weighted by Gasteiger charge is -2.32. The molecule has 23 heavy (non-hydrogen) atoms. The van der Waals surface area contributed by atoms with Crippen molar-refractivity contribution in [3.05, 3.63) is 17.6 Å². The van der Waals surface area contributed by atoms with Crippen molar-refractivity contribution in [3.8, 4) is 0 Å². The Bertz CT molecular complexity index is 502. The standard InChI is InChI=1S/C18H30N4O/c1-3-23-12-11-21-8-6-7-16(14-21)17-13-18(20-15(2)19-17)22-9-4-5-10-22/h13,16H,3-12,14H2,1-2H3/t16-/m1/s1. The number of rotatable bonds is 6. The highest BCUT2D eigenvalue weighted by atomic mass is 16.5. The maximum absolute atomic E-state index is 5.51. The van der Waals surface area contributed by atoms with Gasteiger partial charge in [-0.2, -0.15) is 0 Å². The molecule has 0 saturated carbocycles. The van der Waals surface area contributed by atoms with Crippen molar-refractivity contribution in [2.24, 2.45) is 0 Å². The van der Waals surface area contributed by atoms with Crippen LogP contribution in [0.15, 0.2) is 6.07 Å². The number of anilines is 1.